The lowest BCUT2D eigenvalue weighted by Crippen LogP contribution is -1.94. The van der Waals surface area contributed by atoms with Crippen molar-refractivity contribution in [1.82, 2.24) is 4.57 Å². The lowest BCUT2D eigenvalue weighted by molar-refractivity contribution is 1.18. The first-order valence-corrected chi connectivity index (χ1v) is 9.08. The number of benzene rings is 4. The summed E-state index contributed by atoms with van der Waals surface area (Å²) in [6, 6.07) is 30.5. The Kier molecular flexibility index (Phi) is 3.13. The van der Waals surface area contributed by atoms with E-state index in [0.29, 0.717) is 0 Å². The number of fused-ring (bicyclic) bond motifs is 5. The summed E-state index contributed by atoms with van der Waals surface area (Å²) in [5.41, 5.74) is 3.75. The van der Waals surface area contributed by atoms with Crippen molar-refractivity contribution in [2.24, 2.45) is 0 Å². The van der Waals surface area contributed by atoms with Crippen molar-refractivity contribution < 1.29 is 0 Å². The SMILES string of the molecule is Ic1ccc(-n2c3ccccc3c3ccc4ccccc4c32)cc1. The first-order chi connectivity index (χ1) is 11.8. The zero-order chi connectivity index (χ0) is 16.1. The van der Waals surface area contributed by atoms with Crippen LogP contribution in [0.2, 0.25) is 0 Å². The predicted octanol–water partition coefficient (Wildman–Crippen LogP) is 6.54. The second-order valence-electron chi connectivity index (χ2n) is 6.01. The molecule has 4 aromatic carbocycles. The molecule has 0 aliphatic rings. The van der Waals surface area contributed by atoms with Gasteiger partial charge in [0.2, 0.25) is 0 Å². The number of hydrogen-bond acceptors (Lipinski definition) is 0. The van der Waals surface area contributed by atoms with Gasteiger partial charge in [0.05, 0.1) is 11.0 Å². The summed E-state index contributed by atoms with van der Waals surface area (Å²) in [6.45, 7) is 0. The first kappa shape index (κ1) is 14.1. The molecule has 0 atom stereocenters. The smallest absolute Gasteiger partial charge is 0.0619 e. The lowest BCUT2D eigenvalue weighted by atomic mass is 10.1. The highest BCUT2D eigenvalue weighted by Crippen LogP contribution is 2.36. The van der Waals surface area contributed by atoms with Crippen LogP contribution in [0.25, 0.3) is 38.3 Å². The minimum atomic E-state index is 1.21. The Morgan fingerprint density at radius 3 is 2.12 bits per heavy atom. The maximum atomic E-state index is 2.39. The third-order valence-electron chi connectivity index (χ3n) is 4.64. The van der Waals surface area contributed by atoms with Gasteiger partial charge in [-0.15, -0.1) is 0 Å². The molecule has 0 aliphatic carbocycles. The van der Waals surface area contributed by atoms with Crippen molar-refractivity contribution in [3.05, 3.63) is 88.5 Å². The molecule has 5 aromatic rings. The Bertz CT molecular complexity index is 1200. The van der Waals surface area contributed by atoms with E-state index in [4.69, 9.17) is 0 Å². The van der Waals surface area contributed by atoms with E-state index in [1.165, 1.54) is 41.8 Å². The summed E-state index contributed by atoms with van der Waals surface area (Å²) in [7, 11) is 0. The molecular weight excluding hydrogens is 405 g/mol. The van der Waals surface area contributed by atoms with Gasteiger partial charge in [0.1, 0.15) is 0 Å². The van der Waals surface area contributed by atoms with Gasteiger partial charge in [-0.3, -0.25) is 0 Å². The second-order valence-corrected chi connectivity index (χ2v) is 7.26. The maximum absolute atomic E-state index is 2.39. The van der Waals surface area contributed by atoms with E-state index >= 15 is 0 Å². The van der Waals surface area contributed by atoms with Gasteiger partial charge in [-0.05, 0) is 58.3 Å². The molecule has 0 radical (unpaired) electrons. The molecule has 0 saturated heterocycles. The molecule has 0 spiro atoms. The van der Waals surface area contributed by atoms with Crippen LogP contribution >= 0.6 is 22.6 Å². The van der Waals surface area contributed by atoms with Crippen molar-refractivity contribution in [1.29, 1.82) is 0 Å². The summed E-state index contributed by atoms with van der Waals surface area (Å²) >= 11 is 2.36. The van der Waals surface area contributed by atoms with Gasteiger partial charge < -0.3 is 4.57 Å². The normalized spacial score (nSPS) is 11.5. The minimum Gasteiger partial charge on any atom is -0.309 e. The highest BCUT2D eigenvalue weighted by molar-refractivity contribution is 14.1. The van der Waals surface area contributed by atoms with E-state index in [1.54, 1.807) is 0 Å². The van der Waals surface area contributed by atoms with Gasteiger partial charge in [0.15, 0.2) is 0 Å². The molecule has 114 valence electrons. The molecule has 0 aliphatic heterocycles. The van der Waals surface area contributed by atoms with Crippen LogP contribution in [0.5, 0.6) is 0 Å². The van der Waals surface area contributed by atoms with Crippen molar-refractivity contribution in [2.45, 2.75) is 0 Å². The van der Waals surface area contributed by atoms with Crippen molar-refractivity contribution in [3.8, 4) is 5.69 Å². The number of rotatable bonds is 1. The van der Waals surface area contributed by atoms with E-state index in [0.717, 1.165) is 0 Å². The molecule has 5 rings (SSSR count). The Balaban J connectivity index is 2.05. The highest BCUT2D eigenvalue weighted by Gasteiger charge is 2.14. The van der Waals surface area contributed by atoms with Crippen LogP contribution in [0.4, 0.5) is 0 Å². The predicted molar refractivity (Wildman–Crippen MR) is 111 cm³/mol. The molecule has 24 heavy (non-hydrogen) atoms. The van der Waals surface area contributed by atoms with Gasteiger partial charge in [0.25, 0.3) is 0 Å². The van der Waals surface area contributed by atoms with Gasteiger partial charge in [0, 0.05) is 25.4 Å². The van der Waals surface area contributed by atoms with E-state index in [2.05, 4.69) is 112 Å². The van der Waals surface area contributed by atoms with Crippen molar-refractivity contribution in [2.75, 3.05) is 0 Å². The molecule has 0 bridgehead atoms. The van der Waals surface area contributed by atoms with Crippen LogP contribution in [0.15, 0.2) is 84.9 Å². The van der Waals surface area contributed by atoms with Crippen LogP contribution in [0.3, 0.4) is 0 Å². The number of para-hydroxylation sites is 1. The van der Waals surface area contributed by atoms with Crippen LogP contribution in [-0.2, 0) is 0 Å². The second kappa shape index (κ2) is 5.35. The molecule has 0 N–H and O–H groups in total. The fourth-order valence-corrected chi connectivity index (χ4v) is 3.95. The Hall–Kier alpha value is -2.33. The molecule has 1 heterocycles. The summed E-state index contributed by atoms with van der Waals surface area (Å²) in [6.07, 6.45) is 0. The zero-order valence-electron chi connectivity index (χ0n) is 12.9. The lowest BCUT2D eigenvalue weighted by Gasteiger charge is -2.10. The Morgan fingerprint density at radius 2 is 1.29 bits per heavy atom. The summed E-state index contributed by atoms with van der Waals surface area (Å²) < 4.78 is 3.64. The Morgan fingerprint density at radius 1 is 0.583 bits per heavy atom. The molecule has 2 heteroatoms. The van der Waals surface area contributed by atoms with Crippen LogP contribution in [-0.4, -0.2) is 4.57 Å². The van der Waals surface area contributed by atoms with Crippen molar-refractivity contribution in [3.63, 3.8) is 0 Å². The molecule has 1 aromatic heterocycles. The quantitative estimate of drug-likeness (QED) is 0.272. The van der Waals surface area contributed by atoms with Crippen LogP contribution < -0.4 is 0 Å². The topological polar surface area (TPSA) is 4.93 Å². The largest absolute Gasteiger partial charge is 0.309 e. The number of halogens is 1. The van der Waals surface area contributed by atoms with Crippen molar-refractivity contribution >= 4 is 55.2 Å². The molecule has 1 nitrogen and oxygen atoms in total. The Labute approximate surface area is 153 Å². The maximum Gasteiger partial charge on any atom is 0.0619 e. The summed E-state index contributed by atoms with van der Waals surface area (Å²) in [4.78, 5) is 0. The monoisotopic (exact) mass is 419 g/mol. The van der Waals surface area contributed by atoms with Gasteiger partial charge in [-0.1, -0.05) is 54.6 Å². The first-order valence-electron chi connectivity index (χ1n) is 8.00. The molecule has 0 amide bonds. The van der Waals surface area contributed by atoms with Gasteiger partial charge in [-0.2, -0.15) is 0 Å². The summed E-state index contributed by atoms with van der Waals surface area (Å²) in [5, 5.41) is 5.18. The fraction of sp³-hybridized carbons (Fsp3) is 0. The van der Waals surface area contributed by atoms with E-state index < -0.39 is 0 Å². The average Bonchev–Trinajstić information content (AvgIpc) is 2.97. The average molecular weight is 419 g/mol. The molecular formula is C22H14IN. The van der Waals surface area contributed by atoms with Gasteiger partial charge >= 0.3 is 0 Å². The van der Waals surface area contributed by atoms with E-state index in [-0.39, 0.29) is 0 Å². The van der Waals surface area contributed by atoms with Crippen LogP contribution in [0, 0.1) is 3.57 Å². The number of nitrogens with zero attached hydrogens (tertiary/aromatic N) is 1. The zero-order valence-corrected chi connectivity index (χ0v) is 15.1. The third-order valence-corrected chi connectivity index (χ3v) is 5.36. The van der Waals surface area contributed by atoms with Gasteiger partial charge in [-0.25, -0.2) is 0 Å². The standard InChI is InChI=1S/C22H14IN/c23-16-10-12-17(13-11-16)24-21-8-4-3-7-19(21)20-14-9-15-5-1-2-6-18(15)22(20)24/h1-14H. The summed E-state index contributed by atoms with van der Waals surface area (Å²) in [5.74, 6) is 0. The number of hydrogen-bond donors (Lipinski definition) is 0. The fourth-order valence-electron chi connectivity index (χ4n) is 3.59. The van der Waals surface area contributed by atoms with E-state index in [1.807, 2.05) is 0 Å². The third kappa shape index (κ3) is 1.99. The minimum absolute atomic E-state index is 1.21. The molecule has 0 unspecified atom stereocenters. The number of aromatic nitrogens is 1. The van der Waals surface area contributed by atoms with Crippen LogP contribution in [0.1, 0.15) is 0 Å². The molecule has 0 fully saturated rings. The van der Waals surface area contributed by atoms with E-state index in [9.17, 15) is 0 Å². The molecule has 0 saturated carbocycles. The highest BCUT2D eigenvalue weighted by atomic mass is 127.